The lowest BCUT2D eigenvalue weighted by molar-refractivity contribution is -0.117. The van der Waals surface area contributed by atoms with Crippen LogP contribution in [0.25, 0.3) is 28.4 Å². The van der Waals surface area contributed by atoms with Gasteiger partial charge in [0.25, 0.3) is 0 Å². The van der Waals surface area contributed by atoms with Crippen molar-refractivity contribution in [3.8, 4) is 22.9 Å². The largest absolute Gasteiger partial charge is 0.424 e. The summed E-state index contributed by atoms with van der Waals surface area (Å²) in [6.45, 7) is 5.71. The fourth-order valence-electron chi connectivity index (χ4n) is 5.12. The Kier molecular flexibility index (Phi) is 5.20. The van der Waals surface area contributed by atoms with Gasteiger partial charge in [0.15, 0.2) is 0 Å². The molecule has 0 saturated heterocycles. The number of imidazole rings is 1. The monoisotopic (exact) mass is 467 g/mol. The van der Waals surface area contributed by atoms with E-state index in [4.69, 9.17) is 9.72 Å². The number of hydrogen-bond donors (Lipinski definition) is 0. The molecule has 0 unspecified atom stereocenters. The van der Waals surface area contributed by atoms with Crippen LogP contribution in [0.15, 0.2) is 54.9 Å². The molecule has 2 aliphatic rings. The molecular formula is C28H29N5O2. The third-order valence-corrected chi connectivity index (χ3v) is 6.98. The minimum Gasteiger partial charge on any atom is -0.424 e. The van der Waals surface area contributed by atoms with Gasteiger partial charge in [-0.3, -0.25) is 14.0 Å². The maximum atomic E-state index is 12.6. The SMILES string of the molecule is C/C=C\n1c(Oc2c(-c3cnn(C4CC4)c3)ccc3c2CC[C@H](C)N3C(C)=O)nc2ccccc21. The molecule has 1 amide bonds. The lowest BCUT2D eigenvalue weighted by Crippen LogP contribution is -2.40. The molecular weight excluding hydrogens is 438 g/mol. The van der Waals surface area contributed by atoms with Crippen molar-refractivity contribution < 1.29 is 9.53 Å². The second kappa shape index (κ2) is 8.41. The van der Waals surface area contributed by atoms with Crippen LogP contribution in [0.1, 0.15) is 51.6 Å². The number of aromatic nitrogens is 4. The summed E-state index contributed by atoms with van der Waals surface area (Å²) < 4.78 is 10.7. The number of amides is 1. The van der Waals surface area contributed by atoms with E-state index in [1.165, 1.54) is 12.8 Å². The van der Waals surface area contributed by atoms with Crippen LogP contribution in [-0.4, -0.2) is 31.3 Å². The second-order valence-corrected chi connectivity index (χ2v) is 9.49. The Balaban J connectivity index is 1.54. The van der Waals surface area contributed by atoms with Gasteiger partial charge in [-0.2, -0.15) is 10.1 Å². The highest BCUT2D eigenvalue weighted by atomic mass is 16.5. The summed E-state index contributed by atoms with van der Waals surface area (Å²) in [4.78, 5) is 19.3. The zero-order valence-corrected chi connectivity index (χ0v) is 20.3. The van der Waals surface area contributed by atoms with Crippen LogP contribution in [-0.2, 0) is 11.2 Å². The summed E-state index contributed by atoms with van der Waals surface area (Å²) >= 11 is 0. The minimum atomic E-state index is 0.0415. The van der Waals surface area contributed by atoms with Crippen molar-refractivity contribution in [1.29, 1.82) is 0 Å². The predicted octanol–water partition coefficient (Wildman–Crippen LogP) is 6.21. The number of benzene rings is 2. The van der Waals surface area contributed by atoms with Crippen LogP contribution in [0.4, 0.5) is 5.69 Å². The maximum Gasteiger partial charge on any atom is 0.307 e. The normalized spacial score (nSPS) is 17.8. The van der Waals surface area contributed by atoms with Crippen molar-refractivity contribution in [3.05, 3.63) is 60.4 Å². The van der Waals surface area contributed by atoms with Crippen LogP contribution in [0.3, 0.4) is 0 Å². The van der Waals surface area contributed by atoms with Gasteiger partial charge in [-0.25, -0.2) is 0 Å². The Labute approximate surface area is 204 Å². The van der Waals surface area contributed by atoms with Crippen molar-refractivity contribution >= 4 is 28.8 Å². The molecule has 1 fully saturated rings. The number of anilines is 1. The summed E-state index contributed by atoms with van der Waals surface area (Å²) in [5, 5.41) is 4.62. The summed E-state index contributed by atoms with van der Waals surface area (Å²) in [5.41, 5.74) is 5.77. The molecule has 7 nitrogen and oxygen atoms in total. The van der Waals surface area contributed by atoms with E-state index in [1.807, 2.05) is 59.1 Å². The van der Waals surface area contributed by atoms with Crippen LogP contribution in [0.2, 0.25) is 0 Å². The smallest absolute Gasteiger partial charge is 0.307 e. The molecule has 4 aromatic rings. The van der Waals surface area contributed by atoms with E-state index in [1.54, 1.807) is 6.92 Å². The quantitative estimate of drug-likeness (QED) is 0.350. The lowest BCUT2D eigenvalue weighted by atomic mass is 9.92. The summed E-state index contributed by atoms with van der Waals surface area (Å²) in [7, 11) is 0. The van der Waals surface area contributed by atoms with E-state index in [0.717, 1.165) is 52.0 Å². The number of nitrogens with zero attached hydrogens (tertiary/aromatic N) is 5. The van der Waals surface area contributed by atoms with Crippen LogP contribution in [0.5, 0.6) is 11.8 Å². The lowest BCUT2D eigenvalue weighted by Gasteiger charge is -2.35. The number of allylic oxidation sites excluding steroid dienone is 1. The molecule has 0 radical (unpaired) electrons. The highest BCUT2D eigenvalue weighted by molar-refractivity contribution is 5.95. The first-order valence-corrected chi connectivity index (χ1v) is 12.3. The summed E-state index contributed by atoms with van der Waals surface area (Å²) in [5.74, 6) is 0.789. The van der Waals surface area contributed by atoms with Gasteiger partial charge in [0.1, 0.15) is 5.75 Å². The average molecular weight is 468 g/mol. The molecule has 7 heteroatoms. The topological polar surface area (TPSA) is 65.2 Å². The van der Waals surface area contributed by atoms with Crippen LogP contribution >= 0.6 is 0 Å². The fraction of sp³-hybridized carbons (Fsp3) is 0.321. The van der Waals surface area contributed by atoms with Crippen molar-refractivity contribution in [2.45, 2.75) is 58.5 Å². The standard InChI is InChI=1S/C28H29N5O2/c1-4-15-31-26-8-6-5-7-24(26)30-28(31)35-27-22(20-16-29-32(17-20)21-10-11-21)13-14-25-23(27)12-9-18(2)33(25)19(3)34/h4-8,13-18,21H,9-12H2,1-3H3/b15-4-/t18-/m0/s1. The third-order valence-electron chi connectivity index (χ3n) is 6.98. The Morgan fingerprint density at radius 2 is 1.97 bits per heavy atom. The molecule has 1 aliphatic carbocycles. The second-order valence-electron chi connectivity index (χ2n) is 9.49. The van der Waals surface area contributed by atoms with Gasteiger partial charge in [0.2, 0.25) is 5.91 Å². The molecule has 0 spiro atoms. The molecule has 2 aromatic carbocycles. The average Bonchev–Trinajstić information content (AvgIpc) is 3.48. The number of para-hydroxylation sites is 2. The molecule has 0 bridgehead atoms. The van der Waals surface area contributed by atoms with E-state index in [0.29, 0.717) is 12.1 Å². The number of hydrogen-bond acceptors (Lipinski definition) is 4. The Hall–Kier alpha value is -3.87. The van der Waals surface area contributed by atoms with Crippen molar-refractivity contribution in [1.82, 2.24) is 19.3 Å². The molecule has 6 rings (SSSR count). The number of rotatable bonds is 5. The minimum absolute atomic E-state index is 0.0415. The number of ether oxygens (including phenoxy) is 1. The van der Waals surface area contributed by atoms with Crippen molar-refractivity contribution in [2.24, 2.45) is 0 Å². The first-order chi connectivity index (χ1) is 17.0. The van der Waals surface area contributed by atoms with Crippen molar-refractivity contribution in [3.63, 3.8) is 0 Å². The fourth-order valence-corrected chi connectivity index (χ4v) is 5.12. The third kappa shape index (κ3) is 3.71. The zero-order chi connectivity index (χ0) is 24.1. The number of carbonyl (C=O) groups is 1. The van der Waals surface area contributed by atoms with Crippen LogP contribution < -0.4 is 9.64 Å². The van der Waals surface area contributed by atoms with E-state index >= 15 is 0 Å². The Bertz CT molecular complexity index is 1460. The van der Waals surface area contributed by atoms with Gasteiger partial charge in [-0.1, -0.05) is 18.2 Å². The molecule has 3 heterocycles. The van der Waals surface area contributed by atoms with Gasteiger partial charge >= 0.3 is 6.01 Å². The van der Waals surface area contributed by atoms with E-state index in [9.17, 15) is 4.79 Å². The van der Waals surface area contributed by atoms with Gasteiger partial charge in [0, 0.05) is 42.1 Å². The number of carbonyl (C=O) groups excluding carboxylic acids is 1. The molecule has 1 aliphatic heterocycles. The summed E-state index contributed by atoms with van der Waals surface area (Å²) in [6, 6.07) is 13.3. The molecule has 2 aromatic heterocycles. The Morgan fingerprint density at radius 3 is 2.74 bits per heavy atom. The molecule has 1 saturated carbocycles. The zero-order valence-electron chi connectivity index (χ0n) is 20.3. The van der Waals surface area contributed by atoms with Gasteiger partial charge in [0.05, 0.1) is 29.0 Å². The van der Waals surface area contributed by atoms with E-state index in [-0.39, 0.29) is 11.9 Å². The van der Waals surface area contributed by atoms with Crippen molar-refractivity contribution in [2.75, 3.05) is 4.90 Å². The van der Waals surface area contributed by atoms with Gasteiger partial charge in [-0.05, 0) is 63.8 Å². The van der Waals surface area contributed by atoms with E-state index < -0.39 is 0 Å². The van der Waals surface area contributed by atoms with Gasteiger partial charge < -0.3 is 9.64 Å². The molecule has 35 heavy (non-hydrogen) atoms. The number of fused-ring (bicyclic) bond motifs is 2. The molecule has 178 valence electrons. The van der Waals surface area contributed by atoms with Gasteiger partial charge in [-0.15, -0.1) is 0 Å². The van der Waals surface area contributed by atoms with Crippen LogP contribution in [0, 0.1) is 0 Å². The maximum absolute atomic E-state index is 12.6. The summed E-state index contributed by atoms with van der Waals surface area (Å²) in [6.07, 6.45) is 12.0. The Morgan fingerprint density at radius 1 is 1.14 bits per heavy atom. The first-order valence-electron chi connectivity index (χ1n) is 12.3. The highest BCUT2D eigenvalue weighted by Gasteiger charge is 2.31. The van der Waals surface area contributed by atoms with E-state index in [2.05, 4.69) is 35.0 Å². The highest BCUT2D eigenvalue weighted by Crippen LogP contribution is 2.45. The predicted molar refractivity (Wildman–Crippen MR) is 138 cm³/mol. The first kappa shape index (κ1) is 21.6. The molecule has 1 atom stereocenters. The molecule has 0 N–H and O–H groups in total.